The fourth-order valence-electron chi connectivity index (χ4n) is 1.70. The van der Waals surface area contributed by atoms with Crippen LogP contribution in [0.5, 0.6) is 5.75 Å². The van der Waals surface area contributed by atoms with Crippen LogP contribution in [0.4, 0.5) is 0 Å². The highest BCUT2D eigenvalue weighted by molar-refractivity contribution is 9.10. The van der Waals surface area contributed by atoms with Crippen LogP contribution in [0.3, 0.4) is 0 Å². The molecule has 18 heavy (non-hydrogen) atoms. The molecule has 2 N–H and O–H groups in total. The van der Waals surface area contributed by atoms with Gasteiger partial charge in [-0.2, -0.15) is 5.10 Å². The molecular weight excluding hydrogens is 294 g/mol. The van der Waals surface area contributed by atoms with Crippen molar-refractivity contribution in [3.05, 3.63) is 46.2 Å². The van der Waals surface area contributed by atoms with E-state index in [2.05, 4.69) is 21.0 Å². The lowest BCUT2D eigenvalue weighted by Crippen LogP contribution is -2.06. The molecule has 0 unspecified atom stereocenters. The smallest absolute Gasteiger partial charge is 0.133 e. The Hall–Kier alpha value is -1.33. The predicted octanol–water partition coefficient (Wildman–Crippen LogP) is 2.26. The van der Waals surface area contributed by atoms with Crippen molar-refractivity contribution in [1.29, 1.82) is 0 Å². The third-order valence-electron chi connectivity index (χ3n) is 2.77. The van der Waals surface area contributed by atoms with E-state index in [0.29, 0.717) is 13.2 Å². The molecule has 0 atom stereocenters. The molecule has 0 saturated carbocycles. The fourth-order valence-corrected chi connectivity index (χ4v) is 2.24. The Balaban J connectivity index is 1.92. The molecule has 1 heterocycles. The molecule has 0 fully saturated rings. The molecule has 1 aromatic heterocycles. The summed E-state index contributed by atoms with van der Waals surface area (Å²) in [5.74, 6) is 0.842. The van der Waals surface area contributed by atoms with Gasteiger partial charge in [0.25, 0.3) is 0 Å². The monoisotopic (exact) mass is 309 g/mol. The van der Waals surface area contributed by atoms with Gasteiger partial charge in [-0.3, -0.25) is 4.68 Å². The summed E-state index contributed by atoms with van der Waals surface area (Å²) in [5.41, 5.74) is 7.82. The molecule has 5 heteroatoms. The van der Waals surface area contributed by atoms with Crippen molar-refractivity contribution in [2.24, 2.45) is 12.8 Å². The van der Waals surface area contributed by atoms with Gasteiger partial charge in [-0.1, -0.05) is 6.07 Å². The van der Waals surface area contributed by atoms with Gasteiger partial charge in [-0.05, 0) is 39.7 Å². The van der Waals surface area contributed by atoms with E-state index in [-0.39, 0.29) is 0 Å². The Bertz CT molecular complexity index is 525. The molecule has 0 saturated heterocycles. The maximum absolute atomic E-state index is 5.74. The van der Waals surface area contributed by atoms with Crippen LogP contribution in [0.25, 0.3) is 0 Å². The first-order chi connectivity index (χ1) is 8.70. The number of ether oxygens (including phenoxy) is 1. The second-order valence-electron chi connectivity index (χ2n) is 4.01. The van der Waals surface area contributed by atoms with Crippen molar-refractivity contribution in [3.8, 4) is 5.75 Å². The van der Waals surface area contributed by atoms with Crippen LogP contribution < -0.4 is 10.5 Å². The number of hydrogen-bond donors (Lipinski definition) is 1. The molecule has 2 aromatic rings. The molecule has 4 nitrogen and oxygen atoms in total. The maximum atomic E-state index is 5.74. The molecule has 0 aliphatic carbocycles. The number of aromatic nitrogens is 2. The number of hydrogen-bond acceptors (Lipinski definition) is 3. The van der Waals surface area contributed by atoms with E-state index in [0.717, 1.165) is 27.9 Å². The highest BCUT2D eigenvalue weighted by atomic mass is 79.9. The van der Waals surface area contributed by atoms with Gasteiger partial charge in [-0.25, -0.2) is 0 Å². The van der Waals surface area contributed by atoms with Crippen LogP contribution in [-0.4, -0.2) is 16.4 Å². The summed E-state index contributed by atoms with van der Waals surface area (Å²) < 4.78 is 8.53. The van der Waals surface area contributed by atoms with E-state index in [1.54, 1.807) is 6.20 Å². The predicted molar refractivity (Wildman–Crippen MR) is 74.4 cm³/mol. The number of halogens is 1. The van der Waals surface area contributed by atoms with Crippen LogP contribution in [0.15, 0.2) is 34.9 Å². The maximum Gasteiger partial charge on any atom is 0.133 e. The molecule has 0 radical (unpaired) electrons. The second kappa shape index (κ2) is 6.02. The quantitative estimate of drug-likeness (QED) is 0.921. The summed E-state index contributed by atoms with van der Waals surface area (Å²) in [4.78, 5) is 0. The first-order valence-corrected chi connectivity index (χ1v) is 6.58. The van der Waals surface area contributed by atoms with Gasteiger partial charge in [0.15, 0.2) is 0 Å². The van der Waals surface area contributed by atoms with Gasteiger partial charge in [0.2, 0.25) is 0 Å². The minimum Gasteiger partial charge on any atom is -0.492 e. The number of rotatable bonds is 5. The Kier molecular flexibility index (Phi) is 4.38. The van der Waals surface area contributed by atoms with Gasteiger partial charge in [0.05, 0.1) is 11.1 Å². The summed E-state index contributed by atoms with van der Waals surface area (Å²) in [7, 11) is 1.93. The van der Waals surface area contributed by atoms with Crippen molar-refractivity contribution >= 4 is 15.9 Å². The third kappa shape index (κ3) is 3.11. The topological polar surface area (TPSA) is 53.1 Å². The Labute approximate surface area is 115 Å². The summed E-state index contributed by atoms with van der Waals surface area (Å²) in [6.45, 7) is 1.16. The lowest BCUT2D eigenvalue weighted by Gasteiger charge is -2.09. The molecule has 0 aliphatic rings. The third-order valence-corrected chi connectivity index (χ3v) is 3.39. The highest BCUT2D eigenvalue weighted by Crippen LogP contribution is 2.26. The Morgan fingerprint density at radius 3 is 2.83 bits per heavy atom. The zero-order valence-electron chi connectivity index (χ0n) is 10.3. The zero-order valence-corrected chi connectivity index (χ0v) is 11.9. The molecule has 0 bridgehead atoms. The van der Waals surface area contributed by atoms with Crippen LogP contribution in [-0.2, 0) is 20.0 Å². The average molecular weight is 310 g/mol. The summed E-state index contributed by atoms with van der Waals surface area (Å²) in [6.07, 6.45) is 2.63. The van der Waals surface area contributed by atoms with E-state index >= 15 is 0 Å². The van der Waals surface area contributed by atoms with Crippen molar-refractivity contribution in [2.45, 2.75) is 13.0 Å². The molecule has 0 spiro atoms. The minimum absolute atomic E-state index is 0.536. The number of nitrogens with two attached hydrogens (primary N) is 1. The first kappa shape index (κ1) is 13.1. The van der Waals surface area contributed by atoms with Crippen molar-refractivity contribution in [1.82, 2.24) is 9.78 Å². The van der Waals surface area contributed by atoms with Crippen LogP contribution in [0.2, 0.25) is 0 Å². The fraction of sp³-hybridized carbons (Fsp3) is 0.308. The van der Waals surface area contributed by atoms with Gasteiger partial charge in [-0.15, -0.1) is 0 Å². The standard InChI is InChI=1S/C13H16BrN3O/c1-17-11(4-6-16-17)5-7-18-13-3-2-10(9-15)8-12(13)14/h2-4,6,8H,5,7,9,15H2,1H3. The average Bonchev–Trinajstić information content (AvgIpc) is 2.77. The van der Waals surface area contributed by atoms with E-state index in [1.807, 2.05) is 36.0 Å². The van der Waals surface area contributed by atoms with Crippen molar-refractivity contribution in [3.63, 3.8) is 0 Å². The zero-order chi connectivity index (χ0) is 13.0. The molecule has 2 rings (SSSR count). The normalized spacial score (nSPS) is 10.6. The highest BCUT2D eigenvalue weighted by Gasteiger charge is 2.03. The van der Waals surface area contributed by atoms with Crippen LogP contribution in [0, 0.1) is 0 Å². The van der Waals surface area contributed by atoms with E-state index in [9.17, 15) is 0 Å². The Morgan fingerprint density at radius 2 is 2.22 bits per heavy atom. The number of aryl methyl sites for hydroxylation is 1. The summed E-state index contributed by atoms with van der Waals surface area (Å²) in [6, 6.07) is 7.90. The van der Waals surface area contributed by atoms with E-state index < -0.39 is 0 Å². The summed E-state index contributed by atoms with van der Waals surface area (Å²) >= 11 is 3.48. The molecule has 0 amide bonds. The SMILES string of the molecule is Cn1nccc1CCOc1ccc(CN)cc1Br. The molecule has 0 aliphatic heterocycles. The van der Waals surface area contributed by atoms with Crippen molar-refractivity contribution in [2.75, 3.05) is 6.61 Å². The summed E-state index contributed by atoms with van der Waals surface area (Å²) in [5, 5.41) is 4.12. The first-order valence-electron chi connectivity index (χ1n) is 5.79. The van der Waals surface area contributed by atoms with E-state index in [1.165, 1.54) is 0 Å². The van der Waals surface area contributed by atoms with E-state index in [4.69, 9.17) is 10.5 Å². The molecular formula is C13H16BrN3O. The molecule has 1 aromatic carbocycles. The lowest BCUT2D eigenvalue weighted by molar-refractivity contribution is 0.316. The van der Waals surface area contributed by atoms with Crippen molar-refractivity contribution < 1.29 is 4.74 Å². The van der Waals surface area contributed by atoms with Crippen LogP contribution >= 0.6 is 15.9 Å². The van der Waals surface area contributed by atoms with Gasteiger partial charge in [0.1, 0.15) is 5.75 Å². The second-order valence-corrected chi connectivity index (χ2v) is 4.87. The van der Waals surface area contributed by atoms with Gasteiger partial charge in [0, 0.05) is 31.9 Å². The Morgan fingerprint density at radius 1 is 1.39 bits per heavy atom. The van der Waals surface area contributed by atoms with Crippen LogP contribution in [0.1, 0.15) is 11.3 Å². The lowest BCUT2D eigenvalue weighted by atomic mass is 10.2. The number of benzene rings is 1. The van der Waals surface area contributed by atoms with Gasteiger partial charge < -0.3 is 10.5 Å². The largest absolute Gasteiger partial charge is 0.492 e. The minimum atomic E-state index is 0.536. The number of nitrogens with zero attached hydrogens (tertiary/aromatic N) is 2. The molecule has 96 valence electrons. The van der Waals surface area contributed by atoms with Gasteiger partial charge >= 0.3 is 0 Å².